The van der Waals surface area contributed by atoms with E-state index in [2.05, 4.69) is 28.7 Å². The van der Waals surface area contributed by atoms with Crippen LogP contribution >= 0.6 is 0 Å². The van der Waals surface area contributed by atoms with Crippen LogP contribution < -0.4 is 10.6 Å². The summed E-state index contributed by atoms with van der Waals surface area (Å²) in [6.07, 6.45) is 1.95. The van der Waals surface area contributed by atoms with Crippen molar-refractivity contribution in [3.05, 3.63) is 12.4 Å². The summed E-state index contributed by atoms with van der Waals surface area (Å²) in [4.78, 5) is 10.3. The zero-order chi connectivity index (χ0) is 10.8. The molecule has 5 heteroatoms. The van der Waals surface area contributed by atoms with Gasteiger partial charge in [-0.05, 0) is 13.8 Å². The van der Waals surface area contributed by atoms with Crippen LogP contribution in [0.1, 0.15) is 13.8 Å². The summed E-state index contributed by atoms with van der Waals surface area (Å²) in [5.41, 5.74) is 5.63. The van der Waals surface area contributed by atoms with Gasteiger partial charge in [-0.1, -0.05) is 0 Å². The maximum atomic E-state index is 5.65. The molecule has 2 N–H and O–H groups in total. The smallest absolute Gasteiger partial charge is 0.134 e. The van der Waals surface area contributed by atoms with Gasteiger partial charge in [-0.2, -0.15) is 0 Å². The van der Waals surface area contributed by atoms with Crippen molar-refractivity contribution in [2.75, 3.05) is 23.7 Å². The lowest BCUT2D eigenvalue weighted by Crippen LogP contribution is -2.45. The molecule has 2 rings (SSSR count). The molecule has 0 aromatic carbocycles. The van der Waals surface area contributed by atoms with Gasteiger partial charge in [0.25, 0.3) is 0 Å². The van der Waals surface area contributed by atoms with Crippen molar-refractivity contribution in [3.63, 3.8) is 0 Å². The number of morpholine rings is 1. The highest BCUT2D eigenvalue weighted by Gasteiger charge is 2.23. The van der Waals surface area contributed by atoms with Crippen LogP contribution in [0.3, 0.4) is 0 Å². The van der Waals surface area contributed by atoms with E-state index in [1.807, 2.05) is 0 Å². The SMILES string of the molecule is C[C@H]1CN(c2cc(N)ncn2)C[C@H](C)O1. The predicted octanol–water partition coefficient (Wildman–Crippen LogP) is 0.672. The maximum Gasteiger partial charge on any atom is 0.134 e. The molecule has 2 atom stereocenters. The van der Waals surface area contributed by atoms with Gasteiger partial charge in [0, 0.05) is 19.2 Å². The zero-order valence-corrected chi connectivity index (χ0v) is 9.05. The molecule has 1 aliphatic heterocycles. The molecule has 0 spiro atoms. The Morgan fingerprint density at radius 1 is 1.33 bits per heavy atom. The lowest BCUT2D eigenvalue weighted by atomic mass is 10.2. The quantitative estimate of drug-likeness (QED) is 0.735. The van der Waals surface area contributed by atoms with Gasteiger partial charge in [0.05, 0.1) is 12.2 Å². The second kappa shape index (κ2) is 4.02. The van der Waals surface area contributed by atoms with Crippen molar-refractivity contribution in [3.8, 4) is 0 Å². The van der Waals surface area contributed by atoms with Crippen LogP contribution in [0.5, 0.6) is 0 Å². The first kappa shape index (κ1) is 10.2. The van der Waals surface area contributed by atoms with Crippen LogP contribution in [-0.4, -0.2) is 35.3 Å². The van der Waals surface area contributed by atoms with Crippen molar-refractivity contribution >= 4 is 11.6 Å². The molecule has 1 aliphatic rings. The molecule has 82 valence electrons. The molecule has 1 aromatic heterocycles. The average molecular weight is 208 g/mol. The lowest BCUT2D eigenvalue weighted by molar-refractivity contribution is -0.00546. The zero-order valence-electron chi connectivity index (χ0n) is 9.05. The first-order valence-electron chi connectivity index (χ1n) is 5.13. The maximum absolute atomic E-state index is 5.65. The van der Waals surface area contributed by atoms with Gasteiger partial charge in [0.2, 0.25) is 0 Å². The number of hydrogen-bond donors (Lipinski definition) is 1. The Bertz CT molecular complexity index is 334. The van der Waals surface area contributed by atoms with E-state index < -0.39 is 0 Å². The van der Waals surface area contributed by atoms with E-state index >= 15 is 0 Å². The highest BCUT2D eigenvalue weighted by molar-refractivity contribution is 5.46. The highest BCUT2D eigenvalue weighted by Crippen LogP contribution is 2.18. The number of rotatable bonds is 1. The minimum absolute atomic E-state index is 0.227. The second-order valence-electron chi connectivity index (χ2n) is 3.96. The Morgan fingerprint density at radius 3 is 2.60 bits per heavy atom. The van der Waals surface area contributed by atoms with E-state index in [9.17, 15) is 0 Å². The molecular weight excluding hydrogens is 192 g/mol. The molecule has 15 heavy (non-hydrogen) atoms. The molecule has 0 unspecified atom stereocenters. The topological polar surface area (TPSA) is 64.3 Å². The molecule has 0 aliphatic carbocycles. The Labute approximate surface area is 89.3 Å². The van der Waals surface area contributed by atoms with E-state index in [1.165, 1.54) is 6.33 Å². The number of nitrogens with two attached hydrogens (primary N) is 1. The van der Waals surface area contributed by atoms with Gasteiger partial charge in [-0.3, -0.25) is 0 Å². The third-order valence-electron chi connectivity index (χ3n) is 2.42. The van der Waals surface area contributed by atoms with Crippen molar-refractivity contribution in [1.29, 1.82) is 0 Å². The van der Waals surface area contributed by atoms with Gasteiger partial charge in [-0.15, -0.1) is 0 Å². The summed E-state index contributed by atoms with van der Waals surface area (Å²) in [7, 11) is 0. The van der Waals surface area contributed by atoms with E-state index in [-0.39, 0.29) is 12.2 Å². The molecule has 0 saturated carbocycles. The standard InChI is InChI=1S/C10H16N4O/c1-7-4-14(5-8(2)15-7)10-3-9(11)12-6-13-10/h3,6-8H,4-5H2,1-2H3,(H2,11,12,13)/t7-,8-/m0/s1. The molecule has 1 aromatic rings. The predicted molar refractivity (Wildman–Crippen MR) is 58.7 cm³/mol. The van der Waals surface area contributed by atoms with Gasteiger partial charge in [0.1, 0.15) is 18.0 Å². The van der Waals surface area contributed by atoms with Gasteiger partial charge < -0.3 is 15.4 Å². The molecule has 0 radical (unpaired) electrons. The molecule has 0 amide bonds. The summed E-state index contributed by atoms with van der Waals surface area (Å²) in [5.74, 6) is 1.39. The van der Waals surface area contributed by atoms with Crippen LogP contribution in [0.15, 0.2) is 12.4 Å². The molecule has 1 saturated heterocycles. The van der Waals surface area contributed by atoms with Crippen molar-refractivity contribution in [1.82, 2.24) is 9.97 Å². The lowest BCUT2D eigenvalue weighted by Gasteiger charge is -2.35. The van der Waals surface area contributed by atoms with Crippen LogP contribution in [0.25, 0.3) is 0 Å². The first-order valence-corrected chi connectivity index (χ1v) is 5.13. The third-order valence-corrected chi connectivity index (χ3v) is 2.42. The fourth-order valence-electron chi connectivity index (χ4n) is 1.90. The molecule has 5 nitrogen and oxygen atoms in total. The first-order chi connectivity index (χ1) is 7.15. The van der Waals surface area contributed by atoms with Crippen molar-refractivity contribution < 1.29 is 4.74 Å². The van der Waals surface area contributed by atoms with Crippen LogP contribution in [-0.2, 0) is 4.74 Å². The average Bonchev–Trinajstić information content (AvgIpc) is 2.16. The van der Waals surface area contributed by atoms with Gasteiger partial charge in [0.15, 0.2) is 0 Å². The van der Waals surface area contributed by atoms with Crippen molar-refractivity contribution in [2.45, 2.75) is 26.1 Å². The highest BCUT2D eigenvalue weighted by atomic mass is 16.5. The fourth-order valence-corrected chi connectivity index (χ4v) is 1.90. The summed E-state index contributed by atoms with van der Waals surface area (Å²) in [5, 5.41) is 0. The number of ether oxygens (including phenoxy) is 1. The normalized spacial score (nSPS) is 26.7. The summed E-state index contributed by atoms with van der Waals surface area (Å²) in [6, 6.07) is 1.80. The number of anilines is 2. The Kier molecular flexibility index (Phi) is 2.73. The van der Waals surface area contributed by atoms with Crippen LogP contribution in [0, 0.1) is 0 Å². The number of hydrogen-bond acceptors (Lipinski definition) is 5. The minimum atomic E-state index is 0.227. The van der Waals surface area contributed by atoms with E-state index in [0.717, 1.165) is 18.9 Å². The second-order valence-corrected chi connectivity index (χ2v) is 3.96. The van der Waals surface area contributed by atoms with Crippen LogP contribution in [0.4, 0.5) is 11.6 Å². The molecular formula is C10H16N4O. The van der Waals surface area contributed by atoms with Crippen molar-refractivity contribution in [2.24, 2.45) is 0 Å². The molecule has 0 bridgehead atoms. The Hall–Kier alpha value is -1.36. The minimum Gasteiger partial charge on any atom is -0.384 e. The van der Waals surface area contributed by atoms with Gasteiger partial charge >= 0.3 is 0 Å². The third kappa shape index (κ3) is 2.36. The number of aromatic nitrogens is 2. The van der Waals surface area contributed by atoms with E-state index in [1.54, 1.807) is 6.07 Å². The van der Waals surface area contributed by atoms with Gasteiger partial charge in [-0.25, -0.2) is 9.97 Å². The summed E-state index contributed by atoms with van der Waals surface area (Å²) in [6.45, 7) is 5.82. The molecule has 2 heterocycles. The number of nitrogens with zero attached hydrogens (tertiary/aromatic N) is 3. The monoisotopic (exact) mass is 208 g/mol. The van der Waals surface area contributed by atoms with E-state index in [0.29, 0.717) is 5.82 Å². The Morgan fingerprint density at radius 2 is 2.00 bits per heavy atom. The van der Waals surface area contributed by atoms with E-state index in [4.69, 9.17) is 10.5 Å². The number of nitrogen functional groups attached to an aromatic ring is 1. The fraction of sp³-hybridized carbons (Fsp3) is 0.600. The van der Waals surface area contributed by atoms with Crippen LogP contribution in [0.2, 0.25) is 0 Å². The summed E-state index contributed by atoms with van der Waals surface area (Å²) >= 11 is 0. The Balaban J connectivity index is 2.16. The molecule has 1 fully saturated rings. The summed E-state index contributed by atoms with van der Waals surface area (Å²) < 4.78 is 5.65. The largest absolute Gasteiger partial charge is 0.384 e.